The summed E-state index contributed by atoms with van der Waals surface area (Å²) in [6, 6.07) is 10.4. The summed E-state index contributed by atoms with van der Waals surface area (Å²) in [6.07, 6.45) is -1.69. The van der Waals surface area contributed by atoms with Gasteiger partial charge in [-0.1, -0.05) is 44.0 Å². The van der Waals surface area contributed by atoms with Crippen molar-refractivity contribution < 1.29 is 40.6 Å². The van der Waals surface area contributed by atoms with Crippen molar-refractivity contribution in [2.45, 2.75) is 51.5 Å². The highest BCUT2D eigenvalue weighted by Gasteiger charge is 2.30. The van der Waals surface area contributed by atoms with Crippen LogP contribution >= 0.6 is 0 Å². The molecule has 3 aromatic carbocycles. The van der Waals surface area contributed by atoms with Crippen LogP contribution < -0.4 is 4.74 Å². The number of ether oxygens (including phenoxy) is 3. The quantitative estimate of drug-likeness (QED) is 0.266. The first-order valence-electron chi connectivity index (χ1n) is 12.3. The van der Waals surface area contributed by atoms with E-state index in [0.717, 1.165) is 37.0 Å². The fourth-order valence-electron chi connectivity index (χ4n) is 4.42. The van der Waals surface area contributed by atoms with E-state index in [1.54, 1.807) is 24.3 Å². The van der Waals surface area contributed by atoms with Gasteiger partial charge in [0.1, 0.15) is 5.82 Å². The zero-order valence-electron chi connectivity index (χ0n) is 20.3. The van der Waals surface area contributed by atoms with Gasteiger partial charge in [0.25, 0.3) is 0 Å². The summed E-state index contributed by atoms with van der Waals surface area (Å²) in [6.45, 7) is 1.58. The monoisotopic (exact) mass is 526 g/mol. The molecule has 0 amide bonds. The third-order valence-corrected chi connectivity index (χ3v) is 6.38. The van der Waals surface area contributed by atoms with Gasteiger partial charge >= 0.3 is 6.18 Å². The Hall–Kier alpha value is -2.78. The molecular weight excluding hydrogens is 498 g/mol. The van der Waals surface area contributed by atoms with E-state index >= 15 is 4.39 Å². The molecule has 0 radical (unpaired) electrons. The molecule has 0 saturated carbocycles. The van der Waals surface area contributed by atoms with Crippen LogP contribution in [0.4, 0.5) is 26.3 Å². The SMILES string of the molecule is CCCCC1COC(c2ccc3c(F)c(CCc4cc(F)c(OCC(F)(F)F)c(F)c4)ccc3c2)OC1. The van der Waals surface area contributed by atoms with Gasteiger partial charge in [-0.2, -0.15) is 13.2 Å². The van der Waals surface area contributed by atoms with Gasteiger partial charge in [0.05, 0.1) is 13.2 Å². The molecule has 0 aromatic heterocycles. The van der Waals surface area contributed by atoms with E-state index in [4.69, 9.17) is 9.47 Å². The number of alkyl halides is 3. The highest BCUT2D eigenvalue weighted by atomic mass is 19.4. The van der Waals surface area contributed by atoms with Crippen molar-refractivity contribution in [3.05, 3.63) is 76.6 Å². The maximum absolute atomic E-state index is 15.2. The lowest BCUT2D eigenvalue weighted by Gasteiger charge is -2.29. The summed E-state index contributed by atoms with van der Waals surface area (Å²) in [4.78, 5) is 0. The molecule has 3 aromatic rings. The second-order valence-corrected chi connectivity index (χ2v) is 9.32. The van der Waals surface area contributed by atoms with E-state index in [1.807, 2.05) is 6.07 Å². The van der Waals surface area contributed by atoms with E-state index in [9.17, 15) is 22.0 Å². The zero-order chi connectivity index (χ0) is 26.6. The largest absolute Gasteiger partial charge is 0.478 e. The average Bonchev–Trinajstić information content (AvgIpc) is 2.86. The second-order valence-electron chi connectivity index (χ2n) is 9.32. The molecule has 0 unspecified atom stereocenters. The highest BCUT2D eigenvalue weighted by molar-refractivity contribution is 5.84. The number of rotatable bonds is 9. The molecule has 37 heavy (non-hydrogen) atoms. The lowest BCUT2D eigenvalue weighted by molar-refractivity contribution is -0.206. The molecule has 0 atom stereocenters. The Morgan fingerprint density at radius 1 is 0.919 bits per heavy atom. The first-order chi connectivity index (χ1) is 17.6. The summed E-state index contributed by atoms with van der Waals surface area (Å²) in [5.74, 6) is -3.64. The first kappa shape index (κ1) is 27.3. The van der Waals surface area contributed by atoms with Crippen molar-refractivity contribution in [3.63, 3.8) is 0 Å². The number of hydrogen-bond acceptors (Lipinski definition) is 3. The molecule has 1 aliphatic heterocycles. The van der Waals surface area contributed by atoms with Crippen molar-refractivity contribution >= 4 is 10.8 Å². The van der Waals surface area contributed by atoms with Gasteiger partial charge in [0.15, 0.2) is 30.3 Å². The number of fused-ring (bicyclic) bond motifs is 1. The van der Waals surface area contributed by atoms with Crippen LogP contribution in [0.15, 0.2) is 42.5 Å². The van der Waals surface area contributed by atoms with Crippen LogP contribution in [-0.2, 0) is 22.3 Å². The number of halogens is 6. The Bertz CT molecular complexity index is 1200. The fraction of sp³-hybridized carbons (Fsp3) is 0.429. The molecule has 4 rings (SSSR count). The van der Waals surface area contributed by atoms with E-state index in [2.05, 4.69) is 11.7 Å². The standard InChI is InChI=1S/C28H28F6O3/c1-2-3-4-18-14-35-27(36-15-18)21-9-10-22-20(13-21)8-7-19(25(22)31)6-5-17-11-23(29)26(24(30)12-17)37-16-28(32,33)34/h7-13,18,27H,2-6,14-16H2,1H3. The summed E-state index contributed by atoms with van der Waals surface area (Å²) >= 11 is 0. The molecule has 0 aliphatic carbocycles. The maximum Gasteiger partial charge on any atom is 0.422 e. The summed E-state index contributed by atoms with van der Waals surface area (Å²) in [7, 11) is 0. The van der Waals surface area contributed by atoms with Crippen LogP contribution in [0, 0.1) is 23.4 Å². The Morgan fingerprint density at radius 3 is 2.27 bits per heavy atom. The molecule has 200 valence electrons. The fourth-order valence-corrected chi connectivity index (χ4v) is 4.42. The first-order valence-corrected chi connectivity index (χ1v) is 12.3. The van der Waals surface area contributed by atoms with E-state index < -0.39 is 42.3 Å². The average molecular weight is 527 g/mol. The van der Waals surface area contributed by atoms with Crippen LogP contribution in [0.2, 0.25) is 0 Å². The third-order valence-electron chi connectivity index (χ3n) is 6.38. The molecule has 1 heterocycles. The molecule has 3 nitrogen and oxygen atoms in total. The number of hydrogen-bond donors (Lipinski definition) is 0. The summed E-state index contributed by atoms with van der Waals surface area (Å²) in [5.41, 5.74) is 1.32. The van der Waals surface area contributed by atoms with Crippen molar-refractivity contribution in [1.82, 2.24) is 0 Å². The molecule has 0 bridgehead atoms. The normalized spacial score (nSPS) is 18.4. The van der Waals surface area contributed by atoms with Gasteiger partial charge in [-0.3, -0.25) is 0 Å². The third kappa shape index (κ3) is 6.96. The summed E-state index contributed by atoms with van der Waals surface area (Å²) < 4.78 is 96.4. The lowest BCUT2D eigenvalue weighted by Crippen LogP contribution is -2.27. The van der Waals surface area contributed by atoms with Crippen LogP contribution in [0.25, 0.3) is 10.8 Å². The van der Waals surface area contributed by atoms with Gasteiger partial charge in [-0.05, 0) is 54.0 Å². The molecule has 9 heteroatoms. The summed E-state index contributed by atoms with van der Waals surface area (Å²) in [5, 5.41) is 1.06. The Kier molecular flexibility index (Phi) is 8.64. The lowest BCUT2D eigenvalue weighted by atomic mass is 9.98. The van der Waals surface area contributed by atoms with E-state index in [0.29, 0.717) is 35.5 Å². The van der Waals surface area contributed by atoms with Gasteiger partial charge in [-0.15, -0.1) is 0 Å². The van der Waals surface area contributed by atoms with Gasteiger partial charge in [0, 0.05) is 16.9 Å². The molecule has 1 fully saturated rings. The van der Waals surface area contributed by atoms with Crippen LogP contribution in [-0.4, -0.2) is 26.0 Å². The zero-order valence-corrected chi connectivity index (χ0v) is 20.3. The second kappa shape index (κ2) is 11.7. The molecule has 1 saturated heterocycles. The Morgan fingerprint density at radius 2 is 1.62 bits per heavy atom. The minimum absolute atomic E-state index is 0.0802. The number of benzene rings is 3. The van der Waals surface area contributed by atoms with E-state index in [-0.39, 0.29) is 18.4 Å². The number of unbranched alkanes of at least 4 members (excludes halogenated alkanes) is 1. The van der Waals surface area contributed by atoms with Gasteiger partial charge in [-0.25, -0.2) is 13.2 Å². The topological polar surface area (TPSA) is 27.7 Å². The number of aryl methyl sites for hydroxylation is 2. The smallest absolute Gasteiger partial charge is 0.422 e. The minimum Gasteiger partial charge on any atom is -0.478 e. The van der Waals surface area contributed by atoms with Crippen LogP contribution in [0.1, 0.15) is 49.2 Å². The van der Waals surface area contributed by atoms with Crippen LogP contribution in [0.5, 0.6) is 5.75 Å². The minimum atomic E-state index is -4.72. The molecule has 1 aliphatic rings. The molecular formula is C28H28F6O3. The van der Waals surface area contributed by atoms with Crippen molar-refractivity contribution in [2.24, 2.45) is 5.92 Å². The van der Waals surface area contributed by atoms with Gasteiger partial charge < -0.3 is 14.2 Å². The molecule has 0 N–H and O–H groups in total. The van der Waals surface area contributed by atoms with Crippen molar-refractivity contribution in [3.8, 4) is 5.75 Å². The predicted molar refractivity (Wildman–Crippen MR) is 127 cm³/mol. The van der Waals surface area contributed by atoms with Crippen molar-refractivity contribution in [1.29, 1.82) is 0 Å². The predicted octanol–water partition coefficient (Wildman–Crippen LogP) is 7.84. The van der Waals surface area contributed by atoms with E-state index in [1.165, 1.54) is 0 Å². The Balaban J connectivity index is 1.42. The van der Waals surface area contributed by atoms with Gasteiger partial charge in [0.2, 0.25) is 0 Å². The van der Waals surface area contributed by atoms with Crippen LogP contribution in [0.3, 0.4) is 0 Å². The highest BCUT2D eigenvalue weighted by Crippen LogP contribution is 2.31. The van der Waals surface area contributed by atoms with Crippen molar-refractivity contribution in [2.75, 3.05) is 19.8 Å². The maximum atomic E-state index is 15.2. The Labute approximate surface area is 211 Å². The molecule has 0 spiro atoms.